The molecule has 0 saturated heterocycles. The molecule has 1 amide bonds. The summed E-state index contributed by atoms with van der Waals surface area (Å²) in [6.45, 7) is 4.87. The lowest BCUT2D eigenvalue weighted by atomic mass is 9.94. The molecular formula is C20H24N2O2. The number of unbranched alkanes of at least 4 members (excludes halogenated alkanes) is 1. The van der Waals surface area contributed by atoms with Crippen molar-refractivity contribution in [3.63, 3.8) is 0 Å². The molecule has 1 aliphatic rings. The molecular weight excluding hydrogens is 300 g/mol. The molecule has 1 N–H and O–H groups in total. The van der Waals surface area contributed by atoms with Crippen molar-refractivity contribution in [2.24, 2.45) is 0 Å². The lowest BCUT2D eigenvalue weighted by Crippen LogP contribution is -2.53. The van der Waals surface area contributed by atoms with E-state index in [0.717, 1.165) is 29.8 Å². The van der Waals surface area contributed by atoms with Gasteiger partial charge in [-0.15, -0.1) is 0 Å². The van der Waals surface area contributed by atoms with Crippen molar-refractivity contribution in [1.82, 2.24) is 4.90 Å². The Kier molecular flexibility index (Phi) is 4.47. The second-order valence-corrected chi connectivity index (χ2v) is 6.34. The number of amides is 1. The Morgan fingerprint density at radius 3 is 2.75 bits per heavy atom. The zero-order chi connectivity index (χ0) is 17.2. The van der Waals surface area contributed by atoms with E-state index in [1.807, 2.05) is 62.5 Å². The summed E-state index contributed by atoms with van der Waals surface area (Å²) in [5.74, 6) is 0.854. The molecule has 0 saturated carbocycles. The van der Waals surface area contributed by atoms with Gasteiger partial charge in [-0.2, -0.15) is 0 Å². The molecule has 1 unspecified atom stereocenters. The number of carbonyl (C=O) groups is 1. The van der Waals surface area contributed by atoms with Crippen molar-refractivity contribution in [3.05, 3.63) is 59.7 Å². The maximum atomic E-state index is 12.8. The van der Waals surface area contributed by atoms with Crippen LogP contribution in [0.25, 0.3) is 0 Å². The van der Waals surface area contributed by atoms with Crippen LogP contribution in [0.2, 0.25) is 0 Å². The van der Waals surface area contributed by atoms with E-state index >= 15 is 0 Å². The summed E-state index contributed by atoms with van der Waals surface area (Å²) in [5, 5.41) is 3.51. The highest BCUT2D eigenvalue weighted by Crippen LogP contribution is 2.37. The van der Waals surface area contributed by atoms with Gasteiger partial charge < -0.3 is 15.0 Å². The van der Waals surface area contributed by atoms with Crippen molar-refractivity contribution >= 4 is 11.6 Å². The maximum Gasteiger partial charge on any atom is 0.257 e. The first-order valence-electron chi connectivity index (χ1n) is 8.45. The predicted octanol–water partition coefficient (Wildman–Crippen LogP) is 4.24. The quantitative estimate of drug-likeness (QED) is 0.837. The highest BCUT2D eigenvalue weighted by atomic mass is 16.5. The van der Waals surface area contributed by atoms with Crippen LogP contribution in [0.1, 0.15) is 42.6 Å². The minimum absolute atomic E-state index is 0.0177. The fraction of sp³-hybridized carbons (Fsp3) is 0.350. The van der Waals surface area contributed by atoms with E-state index in [-0.39, 0.29) is 5.91 Å². The molecule has 0 aromatic heterocycles. The SMILES string of the molecule is CCCCOc1cccc(C2(C)Nc3ccccc3C(=O)N2C)c1. The third-order valence-electron chi connectivity index (χ3n) is 4.67. The molecule has 0 fully saturated rings. The summed E-state index contributed by atoms with van der Waals surface area (Å²) in [6, 6.07) is 15.6. The van der Waals surface area contributed by atoms with Crippen molar-refractivity contribution in [2.45, 2.75) is 32.4 Å². The molecule has 0 aliphatic carbocycles. The Morgan fingerprint density at radius 2 is 1.96 bits per heavy atom. The highest BCUT2D eigenvalue weighted by Gasteiger charge is 2.40. The second kappa shape index (κ2) is 6.56. The van der Waals surface area contributed by atoms with Crippen LogP contribution in [0.5, 0.6) is 5.75 Å². The molecule has 0 radical (unpaired) electrons. The van der Waals surface area contributed by atoms with Gasteiger partial charge in [0.2, 0.25) is 0 Å². The molecule has 126 valence electrons. The number of ether oxygens (including phenoxy) is 1. The number of para-hydroxylation sites is 1. The van der Waals surface area contributed by atoms with Crippen molar-refractivity contribution in [3.8, 4) is 5.75 Å². The number of anilines is 1. The van der Waals surface area contributed by atoms with E-state index in [0.29, 0.717) is 12.2 Å². The van der Waals surface area contributed by atoms with Gasteiger partial charge in [-0.25, -0.2) is 0 Å². The minimum Gasteiger partial charge on any atom is -0.494 e. The molecule has 24 heavy (non-hydrogen) atoms. The van der Waals surface area contributed by atoms with Gasteiger partial charge in [-0.3, -0.25) is 4.79 Å². The zero-order valence-corrected chi connectivity index (χ0v) is 14.5. The monoisotopic (exact) mass is 324 g/mol. The summed E-state index contributed by atoms with van der Waals surface area (Å²) in [4.78, 5) is 14.5. The van der Waals surface area contributed by atoms with Gasteiger partial charge in [0.05, 0.1) is 12.2 Å². The van der Waals surface area contributed by atoms with Gasteiger partial charge in [0.25, 0.3) is 5.91 Å². The first-order valence-corrected chi connectivity index (χ1v) is 8.45. The molecule has 1 heterocycles. The Balaban J connectivity index is 1.93. The average Bonchev–Trinajstić information content (AvgIpc) is 2.60. The Hall–Kier alpha value is -2.49. The van der Waals surface area contributed by atoms with Crippen LogP contribution in [-0.2, 0) is 5.66 Å². The number of nitrogens with zero attached hydrogens (tertiary/aromatic N) is 1. The van der Waals surface area contributed by atoms with E-state index in [9.17, 15) is 4.79 Å². The molecule has 1 aliphatic heterocycles. The Bertz CT molecular complexity index is 744. The molecule has 4 nitrogen and oxygen atoms in total. The molecule has 2 aromatic rings. The van der Waals surface area contributed by atoms with Crippen LogP contribution in [0.15, 0.2) is 48.5 Å². The predicted molar refractivity (Wildman–Crippen MR) is 96.4 cm³/mol. The molecule has 3 rings (SSSR count). The van der Waals surface area contributed by atoms with Crippen LogP contribution >= 0.6 is 0 Å². The van der Waals surface area contributed by atoms with Crippen LogP contribution in [0, 0.1) is 0 Å². The lowest BCUT2D eigenvalue weighted by molar-refractivity contribution is 0.0615. The van der Waals surface area contributed by atoms with Crippen LogP contribution in [0.3, 0.4) is 0 Å². The smallest absolute Gasteiger partial charge is 0.257 e. The fourth-order valence-electron chi connectivity index (χ4n) is 3.00. The summed E-state index contributed by atoms with van der Waals surface area (Å²) in [7, 11) is 1.83. The van der Waals surface area contributed by atoms with Gasteiger partial charge in [0, 0.05) is 18.3 Å². The van der Waals surface area contributed by atoms with Crippen molar-refractivity contribution in [2.75, 3.05) is 19.0 Å². The number of hydrogen-bond acceptors (Lipinski definition) is 3. The van der Waals surface area contributed by atoms with Gasteiger partial charge in [0.15, 0.2) is 0 Å². The maximum absolute atomic E-state index is 12.8. The minimum atomic E-state index is -0.616. The Labute approximate surface area is 143 Å². The van der Waals surface area contributed by atoms with Crippen LogP contribution in [0.4, 0.5) is 5.69 Å². The molecule has 0 bridgehead atoms. The summed E-state index contributed by atoms with van der Waals surface area (Å²) in [6.07, 6.45) is 2.14. The van der Waals surface area contributed by atoms with E-state index < -0.39 is 5.66 Å². The number of fused-ring (bicyclic) bond motifs is 1. The number of nitrogens with one attached hydrogen (secondary N) is 1. The standard InChI is InChI=1S/C20H24N2O2/c1-4-5-13-24-16-10-8-9-15(14-16)20(2)21-18-12-7-6-11-17(18)19(23)22(20)3/h6-12,14,21H,4-5,13H2,1-3H3. The number of benzene rings is 2. The van der Waals surface area contributed by atoms with Crippen LogP contribution < -0.4 is 10.1 Å². The third-order valence-corrected chi connectivity index (χ3v) is 4.67. The highest BCUT2D eigenvalue weighted by molar-refractivity contribution is 6.02. The second-order valence-electron chi connectivity index (χ2n) is 6.34. The van der Waals surface area contributed by atoms with Gasteiger partial charge >= 0.3 is 0 Å². The molecule has 2 aromatic carbocycles. The summed E-state index contributed by atoms with van der Waals surface area (Å²) in [5.41, 5.74) is 1.95. The Morgan fingerprint density at radius 1 is 1.17 bits per heavy atom. The molecule has 1 atom stereocenters. The number of carbonyl (C=O) groups excluding carboxylic acids is 1. The zero-order valence-electron chi connectivity index (χ0n) is 14.5. The van der Waals surface area contributed by atoms with E-state index in [4.69, 9.17) is 4.74 Å². The average molecular weight is 324 g/mol. The van der Waals surface area contributed by atoms with Gasteiger partial charge in [-0.1, -0.05) is 37.6 Å². The van der Waals surface area contributed by atoms with E-state index in [2.05, 4.69) is 12.2 Å². The normalized spacial score (nSPS) is 19.6. The molecule has 0 spiro atoms. The summed E-state index contributed by atoms with van der Waals surface area (Å²) >= 11 is 0. The first-order chi connectivity index (χ1) is 11.6. The number of hydrogen-bond donors (Lipinski definition) is 1. The summed E-state index contributed by atoms with van der Waals surface area (Å²) < 4.78 is 5.82. The fourth-order valence-corrected chi connectivity index (χ4v) is 3.00. The van der Waals surface area contributed by atoms with E-state index in [1.165, 1.54) is 0 Å². The topological polar surface area (TPSA) is 41.6 Å². The van der Waals surface area contributed by atoms with E-state index in [1.54, 1.807) is 4.90 Å². The van der Waals surface area contributed by atoms with Gasteiger partial charge in [0.1, 0.15) is 11.4 Å². The third kappa shape index (κ3) is 2.84. The largest absolute Gasteiger partial charge is 0.494 e. The lowest BCUT2D eigenvalue weighted by Gasteiger charge is -2.44. The van der Waals surface area contributed by atoms with Crippen molar-refractivity contribution < 1.29 is 9.53 Å². The first kappa shape index (κ1) is 16.4. The van der Waals surface area contributed by atoms with Gasteiger partial charge in [-0.05, 0) is 37.6 Å². The molecule has 4 heteroatoms. The van der Waals surface area contributed by atoms with Crippen molar-refractivity contribution in [1.29, 1.82) is 0 Å². The van der Waals surface area contributed by atoms with Crippen LogP contribution in [-0.4, -0.2) is 24.5 Å². The number of rotatable bonds is 5.